The van der Waals surface area contributed by atoms with E-state index in [-0.39, 0.29) is 5.78 Å². The number of methoxy groups -OCH3 is 2. The van der Waals surface area contributed by atoms with Gasteiger partial charge in [0.05, 0.1) is 19.8 Å². The van der Waals surface area contributed by atoms with Crippen LogP contribution in [0.5, 0.6) is 11.5 Å². The standard InChI is InChI=1S/C15H21NO3/c1-18-12-6-7-13(15(10-12)19-2)14(17)9-11-5-3-4-8-16-11/h6-7,10-11,16H,3-5,8-9H2,1-2H3. The molecule has 0 saturated carbocycles. The number of carbonyl (C=O) groups excluding carboxylic acids is 1. The number of hydrogen-bond donors (Lipinski definition) is 1. The van der Waals surface area contributed by atoms with E-state index in [1.165, 1.54) is 12.8 Å². The molecular formula is C15H21NO3. The molecule has 0 amide bonds. The highest BCUT2D eigenvalue weighted by molar-refractivity contribution is 5.99. The highest BCUT2D eigenvalue weighted by Gasteiger charge is 2.20. The maximum atomic E-state index is 12.3. The SMILES string of the molecule is COc1ccc(C(=O)CC2CCCCN2)c(OC)c1. The molecule has 1 saturated heterocycles. The van der Waals surface area contributed by atoms with Crippen LogP contribution in [-0.2, 0) is 0 Å². The smallest absolute Gasteiger partial charge is 0.168 e. The van der Waals surface area contributed by atoms with Crippen molar-refractivity contribution in [2.24, 2.45) is 0 Å². The fourth-order valence-electron chi connectivity index (χ4n) is 2.46. The average molecular weight is 263 g/mol. The Labute approximate surface area is 114 Å². The van der Waals surface area contributed by atoms with E-state index >= 15 is 0 Å². The van der Waals surface area contributed by atoms with E-state index in [0.29, 0.717) is 29.5 Å². The summed E-state index contributed by atoms with van der Waals surface area (Å²) in [4.78, 5) is 12.3. The van der Waals surface area contributed by atoms with Gasteiger partial charge in [-0.25, -0.2) is 0 Å². The first-order valence-electron chi connectivity index (χ1n) is 6.73. The van der Waals surface area contributed by atoms with Gasteiger partial charge in [-0.2, -0.15) is 0 Å². The minimum atomic E-state index is 0.124. The van der Waals surface area contributed by atoms with Crippen LogP contribution in [0.25, 0.3) is 0 Å². The van der Waals surface area contributed by atoms with E-state index in [1.54, 1.807) is 32.4 Å². The number of hydrogen-bond acceptors (Lipinski definition) is 4. The zero-order chi connectivity index (χ0) is 13.7. The summed E-state index contributed by atoms with van der Waals surface area (Å²) in [6.07, 6.45) is 4.01. The molecule has 0 aliphatic carbocycles. The first-order chi connectivity index (χ1) is 9.24. The van der Waals surface area contributed by atoms with Crippen LogP contribution in [-0.4, -0.2) is 32.6 Å². The van der Waals surface area contributed by atoms with Crippen molar-refractivity contribution in [1.29, 1.82) is 0 Å². The fraction of sp³-hybridized carbons (Fsp3) is 0.533. The molecule has 1 aliphatic heterocycles. The second-order valence-corrected chi connectivity index (χ2v) is 4.84. The Hall–Kier alpha value is -1.55. The molecule has 4 heteroatoms. The zero-order valence-corrected chi connectivity index (χ0v) is 11.6. The fourth-order valence-corrected chi connectivity index (χ4v) is 2.46. The molecule has 1 aliphatic rings. The topological polar surface area (TPSA) is 47.6 Å². The molecule has 104 valence electrons. The van der Waals surface area contributed by atoms with Crippen molar-refractivity contribution < 1.29 is 14.3 Å². The lowest BCUT2D eigenvalue weighted by Gasteiger charge is -2.23. The first-order valence-corrected chi connectivity index (χ1v) is 6.73. The van der Waals surface area contributed by atoms with Crippen molar-refractivity contribution in [2.45, 2.75) is 31.7 Å². The molecule has 0 radical (unpaired) electrons. The summed E-state index contributed by atoms with van der Waals surface area (Å²) < 4.78 is 10.4. The van der Waals surface area contributed by atoms with Gasteiger partial charge < -0.3 is 14.8 Å². The van der Waals surface area contributed by atoms with Crippen molar-refractivity contribution in [2.75, 3.05) is 20.8 Å². The Kier molecular flexibility index (Phi) is 4.80. The molecule has 0 aromatic heterocycles. The van der Waals surface area contributed by atoms with Gasteiger partial charge in [0.15, 0.2) is 5.78 Å². The number of nitrogens with one attached hydrogen (secondary N) is 1. The second-order valence-electron chi connectivity index (χ2n) is 4.84. The highest BCUT2D eigenvalue weighted by Crippen LogP contribution is 2.26. The van der Waals surface area contributed by atoms with E-state index in [4.69, 9.17) is 9.47 Å². The predicted molar refractivity (Wildman–Crippen MR) is 74.1 cm³/mol. The maximum absolute atomic E-state index is 12.3. The summed E-state index contributed by atoms with van der Waals surface area (Å²) in [5, 5.41) is 3.39. The van der Waals surface area contributed by atoms with Gasteiger partial charge in [0.1, 0.15) is 11.5 Å². The van der Waals surface area contributed by atoms with Crippen LogP contribution < -0.4 is 14.8 Å². The van der Waals surface area contributed by atoms with Crippen molar-refractivity contribution in [1.82, 2.24) is 5.32 Å². The highest BCUT2D eigenvalue weighted by atomic mass is 16.5. The summed E-state index contributed by atoms with van der Waals surface area (Å²) in [6.45, 7) is 1.01. The van der Waals surface area contributed by atoms with Gasteiger partial charge in [0.25, 0.3) is 0 Å². The summed E-state index contributed by atoms with van der Waals surface area (Å²) in [5.74, 6) is 1.41. The van der Waals surface area contributed by atoms with Crippen LogP contribution >= 0.6 is 0 Å². The number of carbonyl (C=O) groups is 1. The van der Waals surface area contributed by atoms with E-state index in [9.17, 15) is 4.79 Å². The molecule has 1 atom stereocenters. The summed E-state index contributed by atoms with van der Waals surface area (Å²) >= 11 is 0. The van der Waals surface area contributed by atoms with E-state index in [1.807, 2.05) is 0 Å². The Morgan fingerprint density at radius 1 is 1.32 bits per heavy atom. The Bertz CT molecular complexity index is 439. The zero-order valence-electron chi connectivity index (χ0n) is 11.6. The second kappa shape index (κ2) is 6.57. The van der Waals surface area contributed by atoms with E-state index < -0.39 is 0 Å². The molecular weight excluding hydrogens is 242 g/mol. The molecule has 1 aromatic carbocycles. The molecule has 19 heavy (non-hydrogen) atoms. The normalized spacial score (nSPS) is 18.9. The Balaban J connectivity index is 2.09. The van der Waals surface area contributed by atoms with E-state index in [0.717, 1.165) is 13.0 Å². The van der Waals surface area contributed by atoms with Crippen LogP contribution in [0.15, 0.2) is 18.2 Å². The third-order valence-electron chi connectivity index (χ3n) is 3.55. The summed E-state index contributed by atoms with van der Waals surface area (Å²) in [6, 6.07) is 5.63. The molecule has 1 fully saturated rings. The van der Waals surface area contributed by atoms with Crippen LogP contribution in [0.4, 0.5) is 0 Å². The Morgan fingerprint density at radius 3 is 2.79 bits per heavy atom. The van der Waals surface area contributed by atoms with Gasteiger partial charge in [0.2, 0.25) is 0 Å². The minimum absolute atomic E-state index is 0.124. The number of Topliss-reactive ketones (excluding diaryl/α,β-unsaturated/α-hetero) is 1. The molecule has 0 bridgehead atoms. The number of benzene rings is 1. The molecule has 1 unspecified atom stereocenters. The number of piperidine rings is 1. The van der Waals surface area contributed by atoms with Crippen molar-refractivity contribution in [3.63, 3.8) is 0 Å². The first kappa shape index (κ1) is 13.9. The molecule has 0 spiro atoms. The van der Waals surface area contributed by atoms with Crippen molar-refractivity contribution in [3.05, 3.63) is 23.8 Å². The Morgan fingerprint density at radius 2 is 2.16 bits per heavy atom. The number of ketones is 1. The lowest BCUT2D eigenvalue weighted by molar-refractivity contribution is 0.0960. The average Bonchev–Trinajstić information content (AvgIpc) is 2.47. The summed E-state index contributed by atoms with van der Waals surface area (Å²) in [5.41, 5.74) is 0.635. The molecule has 1 heterocycles. The van der Waals surface area contributed by atoms with Gasteiger partial charge in [0, 0.05) is 18.5 Å². The van der Waals surface area contributed by atoms with E-state index in [2.05, 4.69) is 5.32 Å². The van der Waals surface area contributed by atoms with Crippen molar-refractivity contribution in [3.8, 4) is 11.5 Å². The number of ether oxygens (including phenoxy) is 2. The van der Waals surface area contributed by atoms with Crippen LogP contribution in [0.2, 0.25) is 0 Å². The maximum Gasteiger partial charge on any atom is 0.168 e. The van der Waals surface area contributed by atoms with Crippen LogP contribution in [0.3, 0.4) is 0 Å². The minimum Gasteiger partial charge on any atom is -0.497 e. The summed E-state index contributed by atoms with van der Waals surface area (Å²) in [7, 11) is 3.17. The van der Waals surface area contributed by atoms with Gasteiger partial charge in [-0.3, -0.25) is 4.79 Å². The molecule has 1 N–H and O–H groups in total. The van der Waals surface area contributed by atoms with Gasteiger partial charge in [-0.15, -0.1) is 0 Å². The van der Waals surface area contributed by atoms with Gasteiger partial charge in [-0.05, 0) is 31.5 Å². The van der Waals surface area contributed by atoms with Gasteiger partial charge >= 0.3 is 0 Å². The van der Waals surface area contributed by atoms with Crippen LogP contribution in [0, 0.1) is 0 Å². The van der Waals surface area contributed by atoms with Crippen molar-refractivity contribution >= 4 is 5.78 Å². The van der Waals surface area contributed by atoms with Crippen LogP contribution in [0.1, 0.15) is 36.0 Å². The third kappa shape index (κ3) is 3.47. The monoisotopic (exact) mass is 263 g/mol. The van der Waals surface area contributed by atoms with Gasteiger partial charge in [-0.1, -0.05) is 6.42 Å². The molecule has 4 nitrogen and oxygen atoms in total. The molecule has 1 aromatic rings. The quantitative estimate of drug-likeness (QED) is 0.829. The lowest BCUT2D eigenvalue weighted by atomic mass is 9.96. The third-order valence-corrected chi connectivity index (χ3v) is 3.55. The molecule has 2 rings (SSSR count). The predicted octanol–water partition coefficient (Wildman–Crippen LogP) is 2.42. The number of rotatable bonds is 5. The lowest BCUT2D eigenvalue weighted by Crippen LogP contribution is -2.35. The largest absolute Gasteiger partial charge is 0.497 e.